The zero-order chi connectivity index (χ0) is 16.4. The first-order chi connectivity index (χ1) is 11.0. The summed E-state index contributed by atoms with van der Waals surface area (Å²) in [6, 6.07) is 11.8. The van der Waals surface area contributed by atoms with Gasteiger partial charge in [-0.05, 0) is 65.2 Å². The first-order valence-electron chi connectivity index (χ1n) is 7.17. The first kappa shape index (κ1) is 16.1. The maximum absolute atomic E-state index is 12.2. The fourth-order valence-electron chi connectivity index (χ4n) is 2.19. The van der Waals surface area contributed by atoms with Crippen LogP contribution < -0.4 is 5.32 Å². The molecule has 0 aliphatic rings. The molecule has 0 bridgehead atoms. The van der Waals surface area contributed by atoms with E-state index in [9.17, 15) is 4.79 Å². The number of nitrogens with one attached hydrogen (secondary N) is 2. The van der Waals surface area contributed by atoms with Crippen LogP contribution >= 0.6 is 27.7 Å². The third-order valence-corrected chi connectivity index (χ3v) is 5.09. The van der Waals surface area contributed by atoms with Crippen LogP contribution in [0.2, 0.25) is 0 Å². The van der Waals surface area contributed by atoms with Crippen LogP contribution in [0.4, 0.5) is 5.69 Å². The second-order valence-corrected chi connectivity index (χ2v) is 7.13. The van der Waals surface area contributed by atoms with Crippen LogP contribution in [-0.4, -0.2) is 21.6 Å². The third-order valence-electron chi connectivity index (χ3n) is 3.57. The third kappa shape index (κ3) is 3.76. The van der Waals surface area contributed by atoms with E-state index < -0.39 is 0 Å². The van der Waals surface area contributed by atoms with E-state index in [2.05, 4.69) is 31.2 Å². The molecule has 1 amide bonds. The lowest BCUT2D eigenvalue weighted by molar-refractivity contribution is -0.113. The van der Waals surface area contributed by atoms with E-state index in [4.69, 9.17) is 0 Å². The van der Waals surface area contributed by atoms with E-state index in [1.54, 1.807) is 0 Å². The number of amides is 1. The lowest BCUT2D eigenvalue weighted by Crippen LogP contribution is -2.14. The normalized spacial score (nSPS) is 10.9. The second-order valence-electron chi connectivity index (χ2n) is 5.31. The number of halogens is 1. The van der Waals surface area contributed by atoms with Crippen LogP contribution in [0, 0.1) is 13.8 Å². The van der Waals surface area contributed by atoms with Crippen LogP contribution in [-0.2, 0) is 4.79 Å². The zero-order valence-corrected chi connectivity index (χ0v) is 15.2. The number of hydrogen-bond donors (Lipinski definition) is 2. The van der Waals surface area contributed by atoms with Crippen LogP contribution in [0.25, 0.3) is 11.0 Å². The Morgan fingerprint density at radius 1 is 1.26 bits per heavy atom. The molecule has 0 fully saturated rings. The van der Waals surface area contributed by atoms with Crippen molar-refractivity contribution >= 4 is 50.3 Å². The molecule has 4 nitrogen and oxygen atoms in total. The number of hydrogen-bond acceptors (Lipinski definition) is 3. The molecule has 1 heterocycles. The lowest BCUT2D eigenvalue weighted by atomic mass is 10.1. The number of aromatic amines is 1. The van der Waals surface area contributed by atoms with E-state index in [0.29, 0.717) is 5.75 Å². The van der Waals surface area contributed by atoms with Crippen molar-refractivity contribution < 1.29 is 4.79 Å². The highest BCUT2D eigenvalue weighted by Gasteiger charge is 2.10. The Morgan fingerprint density at radius 3 is 2.78 bits per heavy atom. The molecule has 1 aromatic heterocycles. The predicted molar refractivity (Wildman–Crippen MR) is 99.1 cm³/mol. The van der Waals surface area contributed by atoms with Crippen molar-refractivity contribution in [2.75, 3.05) is 11.1 Å². The van der Waals surface area contributed by atoms with Gasteiger partial charge in [0.05, 0.1) is 22.5 Å². The molecule has 0 saturated heterocycles. The molecule has 118 valence electrons. The van der Waals surface area contributed by atoms with Crippen molar-refractivity contribution in [3.05, 3.63) is 52.0 Å². The largest absolute Gasteiger partial charge is 0.333 e. The molecule has 0 aliphatic carbocycles. The SMILES string of the molecule is Cc1cc(Br)c(NC(=O)CSc2nc3ccccc3[nH]2)cc1C. The van der Waals surface area contributed by atoms with Crippen molar-refractivity contribution in [2.24, 2.45) is 0 Å². The van der Waals surface area contributed by atoms with Gasteiger partial charge in [-0.3, -0.25) is 4.79 Å². The number of rotatable bonds is 4. The molecule has 6 heteroatoms. The van der Waals surface area contributed by atoms with E-state index >= 15 is 0 Å². The number of thioether (sulfide) groups is 1. The monoisotopic (exact) mass is 389 g/mol. The summed E-state index contributed by atoms with van der Waals surface area (Å²) in [5.74, 6) is 0.249. The predicted octanol–water partition coefficient (Wildman–Crippen LogP) is 4.67. The number of carbonyl (C=O) groups excluding carboxylic acids is 1. The van der Waals surface area contributed by atoms with Crippen LogP contribution in [0.5, 0.6) is 0 Å². The number of para-hydroxylation sites is 2. The van der Waals surface area contributed by atoms with Gasteiger partial charge in [-0.15, -0.1) is 0 Å². The molecule has 3 rings (SSSR count). The van der Waals surface area contributed by atoms with E-state index in [1.165, 1.54) is 17.3 Å². The summed E-state index contributed by atoms with van der Waals surface area (Å²) >= 11 is 4.88. The van der Waals surface area contributed by atoms with Gasteiger partial charge < -0.3 is 10.3 Å². The van der Waals surface area contributed by atoms with E-state index in [-0.39, 0.29) is 5.91 Å². The van der Waals surface area contributed by atoms with Gasteiger partial charge in [0.1, 0.15) is 0 Å². The van der Waals surface area contributed by atoms with Gasteiger partial charge in [-0.25, -0.2) is 4.98 Å². The highest BCUT2D eigenvalue weighted by molar-refractivity contribution is 9.10. The average Bonchev–Trinajstić information content (AvgIpc) is 2.93. The molecule has 3 aromatic rings. The Bertz CT molecular complexity index is 842. The summed E-state index contributed by atoms with van der Waals surface area (Å²) in [5, 5.41) is 3.68. The highest BCUT2D eigenvalue weighted by atomic mass is 79.9. The number of fused-ring (bicyclic) bond motifs is 1. The van der Waals surface area contributed by atoms with Gasteiger partial charge in [0.15, 0.2) is 5.16 Å². The molecule has 23 heavy (non-hydrogen) atoms. The molecule has 0 saturated carbocycles. The van der Waals surface area contributed by atoms with Crippen LogP contribution in [0.1, 0.15) is 11.1 Å². The molecule has 0 radical (unpaired) electrons. The Labute approximate surface area is 147 Å². The van der Waals surface area contributed by atoms with E-state index in [1.807, 2.05) is 50.2 Å². The molecule has 0 aliphatic heterocycles. The Hall–Kier alpha value is -1.79. The lowest BCUT2D eigenvalue weighted by Gasteiger charge is -2.10. The number of aryl methyl sites for hydroxylation is 2. The Kier molecular flexibility index (Phi) is 4.73. The molecular weight excluding hydrogens is 374 g/mol. The van der Waals surface area contributed by atoms with Crippen molar-refractivity contribution in [3.8, 4) is 0 Å². The number of imidazole rings is 1. The number of aromatic nitrogens is 2. The van der Waals surface area contributed by atoms with Crippen LogP contribution in [0.15, 0.2) is 46.0 Å². The number of H-pyrrole nitrogens is 1. The summed E-state index contributed by atoms with van der Waals surface area (Å²) in [4.78, 5) is 19.8. The fourth-order valence-corrected chi connectivity index (χ4v) is 3.44. The van der Waals surface area contributed by atoms with Gasteiger partial charge in [0, 0.05) is 4.47 Å². The van der Waals surface area contributed by atoms with Gasteiger partial charge in [-0.2, -0.15) is 0 Å². The first-order valence-corrected chi connectivity index (χ1v) is 8.95. The second kappa shape index (κ2) is 6.76. The summed E-state index contributed by atoms with van der Waals surface area (Å²) in [6.07, 6.45) is 0. The maximum atomic E-state index is 12.2. The average molecular weight is 390 g/mol. The molecule has 0 unspecified atom stereocenters. The number of nitrogens with zero attached hydrogens (tertiary/aromatic N) is 1. The summed E-state index contributed by atoms with van der Waals surface area (Å²) < 4.78 is 0.891. The smallest absolute Gasteiger partial charge is 0.234 e. The summed E-state index contributed by atoms with van der Waals surface area (Å²) in [6.45, 7) is 4.07. The maximum Gasteiger partial charge on any atom is 0.234 e. The summed E-state index contributed by atoms with van der Waals surface area (Å²) in [5.41, 5.74) is 5.02. The molecule has 0 spiro atoms. The van der Waals surface area contributed by atoms with Crippen molar-refractivity contribution in [1.29, 1.82) is 0 Å². The zero-order valence-electron chi connectivity index (χ0n) is 12.8. The number of benzene rings is 2. The quantitative estimate of drug-likeness (QED) is 0.637. The Balaban J connectivity index is 1.64. The van der Waals surface area contributed by atoms with Gasteiger partial charge in [0.25, 0.3) is 0 Å². The molecule has 0 atom stereocenters. The van der Waals surface area contributed by atoms with Gasteiger partial charge >= 0.3 is 0 Å². The van der Waals surface area contributed by atoms with Crippen molar-refractivity contribution in [3.63, 3.8) is 0 Å². The minimum atomic E-state index is -0.0561. The minimum absolute atomic E-state index is 0.0561. The van der Waals surface area contributed by atoms with Crippen LogP contribution in [0.3, 0.4) is 0 Å². The molecule has 2 N–H and O–H groups in total. The molecular formula is C17H16BrN3OS. The molecule has 2 aromatic carbocycles. The topological polar surface area (TPSA) is 57.8 Å². The van der Waals surface area contributed by atoms with Gasteiger partial charge in [0.2, 0.25) is 5.91 Å². The van der Waals surface area contributed by atoms with Crippen molar-refractivity contribution in [2.45, 2.75) is 19.0 Å². The van der Waals surface area contributed by atoms with Gasteiger partial charge in [-0.1, -0.05) is 23.9 Å². The highest BCUT2D eigenvalue weighted by Crippen LogP contribution is 2.26. The Morgan fingerprint density at radius 2 is 2.00 bits per heavy atom. The standard InChI is InChI=1S/C17H16BrN3OS/c1-10-7-12(18)15(8-11(10)2)19-16(22)9-23-17-20-13-5-3-4-6-14(13)21-17/h3-8H,9H2,1-2H3,(H,19,22)(H,20,21). The fraction of sp³-hybridized carbons (Fsp3) is 0.176. The summed E-state index contributed by atoms with van der Waals surface area (Å²) in [7, 11) is 0. The van der Waals surface area contributed by atoms with Crippen molar-refractivity contribution in [1.82, 2.24) is 9.97 Å². The number of anilines is 1. The van der Waals surface area contributed by atoms with E-state index in [0.717, 1.165) is 31.9 Å². The number of carbonyl (C=O) groups is 1. The minimum Gasteiger partial charge on any atom is -0.333 e.